The van der Waals surface area contributed by atoms with Crippen LogP contribution < -0.4 is 5.32 Å². The zero-order valence-corrected chi connectivity index (χ0v) is 9.73. The quantitative estimate of drug-likeness (QED) is 0.731. The monoisotopic (exact) mass is 215 g/mol. The van der Waals surface area contributed by atoms with Crippen LogP contribution in [0.5, 0.6) is 0 Å². The smallest absolute Gasteiger partial charge is 0.230 e. The zero-order valence-electron chi connectivity index (χ0n) is 8.91. The van der Waals surface area contributed by atoms with E-state index in [1.807, 2.05) is 11.8 Å². The topological polar surface area (TPSA) is 51.0 Å². The Morgan fingerprint density at radius 3 is 2.86 bits per heavy atom. The molecule has 14 heavy (non-hydrogen) atoms. The predicted molar refractivity (Wildman–Crippen MR) is 58.3 cm³/mol. The normalized spacial score (nSPS) is 13.1. The molecule has 1 aromatic rings. The Morgan fingerprint density at radius 1 is 1.50 bits per heavy atom. The molecule has 0 radical (unpaired) electrons. The summed E-state index contributed by atoms with van der Waals surface area (Å²) in [6, 6.07) is 0. The summed E-state index contributed by atoms with van der Waals surface area (Å²) in [5.74, 6) is 1.29. The number of nitrogens with zero attached hydrogens (tertiary/aromatic N) is 2. The van der Waals surface area contributed by atoms with Gasteiger partial charge in [0, 0.05) is 12.2 Å². The van der Waals surface area contributed by atoms with Crippen molar-refractivity contribution in [3.63, 3.8) is 0 Å². The third kappa shape index (κ3) is 4.11. The van der Waals surface area contributed by atoms with Crippen LogP contribution in [0.25, 0.3) is 0 Å². The molecule has 0 fully saturated rings. The van der Waals surface area contributed by atoms with E-state index in [1.54, 1.807) is 6.92 Å². The minimum absolute atomic E-state index is 0.624. The van der Waals surface area contributed by atoms with Gasteiger partial charge in [-0.25, -0.2) is 0 Å². The Kier molecular flexibility index (Phi) is 4.97. The standard InChI is InChI=1S/C9H17N3OS/c1-7(14-3)4-5-10-6-9-12-11-8(2)13-9/h7,10H,4-6H2,1-3H3. The fourth-order valence-corrected chi connectivity index (χ4v) is 1.38. The van der Waals surface area contributed by atoms with Crippen LogP contribution in [-0.4, -0.2) is 28.2 Å². The minimum Gasteiger partial charge on any atom is -0.424 e. The van der Waals surface area contributed by atoms with Crippen LogP contribution in [0, 0.1) is 6.92 Å². The third-order valence-corrected chi connectivity index (χ3v) is 3.01. The first-order valence-corrected chi connectivity index (χ1v) is 6.03. The number of aromatic nitrogens is 2. The fraction of sp³-hybridized carbons (Fsp3) is 0.778. The molecule has 0 aliphatic rings. The lowest BCUT2D eigenvalue weighted by Crippen LogP contribution is -2.17. The highest BCUT2D eigenvalue weighted by atomic mass is 32.2. The molecule has 1 rings (SSSR count). The van der Waals surface area contributed by atoms with Crippen LogP contribution in [0.4, 0.5) is 0 Å². The van der Waals surface area contributed by atoms with E-state index in [-0.39, 0.29) is 0 Å². The molecule has 0 aromatic carbocycles. The van der Waals surface area contributed by atoms with Crippen LogP contribution in [0.15, 0.2) is 4.42 Å². The van der Waals surface area contributed by atoms with E-state index >= 15 is 0 Å². The Bertz CT molecular complexity index is 264. The van der Waals surface area contributed by atoms with Gasteiger partial charge in [-0.3, -0.25) is 0 Å². The highest BCUT2D eigenvalue weighted by Crippen LogP contribution is 2.08. The fourth-order valence-electron chi connectivity index (χ4n) is 1.03. The highest BCUT2D eigenvalue weighted by molar-refractivity contribution is 7.99. The van der Waals surface area contributed by atoms with Gasteiger partial charge in [0.25, 0.3) is 0 Å². The van der Waals surface area contributed by atoms with Crippen molar-refractivity contribution in [1.29, 1.82) is 0 Å². The van der Waals surface area contributed by atoms with Gasteiger partial charge in [-0.2, -0.15) is 11.8 Å². The van der Waals surface area contributed by atoms with Gasteiger partial charge in [0.1, 0.15) is 0 Å². The van der Waals surface area contributed by atoms with Gasteiger partial charge in [0.15, 0.2) is 0 Å². The van der Waals surface area contributed by atoms with E-state index in [2.05, 4.69) is 28.7 Å². The van der Waals surface area contributed by atoms with E-state index in [0.717, 1.165) is 13.0 Å². The number of hydrogen-bond donors (Lipinski definition) is 1. The Hall–Kier alpha value is -0.550. The molecule has 1 atom stereocenters. The van der Waals surface area contributed by atoms with Gasteiger partial charge in [0.05, 0.1) is 6.54 Å². The summed E-state index contributed by atoms with van der Waals surface area (Å²) in [5.41, 5.74) is 0. The summed E-state index contributed by atoms with van der Waals surface area (Å²) < 4.78 is 5.23. The molecule has 4 nitrogen and oxygen atoms in total. The first-order chi connectivity index (χ1) is 6.72. The van der Waals surface area contributed by atoms with Gasteiger partial charge in [-0.1, -0.05) is 6.92 Å². The van der Waals surface area contributed by atoms with Crippen LogP contribution in [-0.2, 0) is 6.54 Å². The van der Waals surface area contributed by atoms with Gasteiger partial charge >= 0.3 is 0 Å². The first-order valence-electron chi connectivity index (χ1n) is 4.75. The van der Waals surface area contributed by atoms with Crippen molar-refractivity contribution in [1.82, 2.24) is 15.5 Å². The third-order valence-electron chi connectivity index (χ3n) is 1.97. The molecule has 0 saturated carbocycles. The molecule has 0 saturated heterocycles. The lowest BCUT2D eigenvalue weighted by Gasteiger charge is -2.07. The van der Waals surface area contributed by atoms with Crippen LogP contribution in [0.3, 0.4) is 0 Å². The minimum atomic E-state index is 0.624. The van der Waals surface area contributed by atoms with Crippen molar-refractivity contribution in [2.75, 3.05) is 12.8 Å². The number of aryl methyl sites for hydroxylation is 1. The number of hydrogen-bond acceptors (Lipinski definition) is 5. The average molecular weight is 215 g/mol. The molecule has 1 N–H and O–H groups in total. The maximum absolute atomic E-state index is 5.23. The van der Waals surface area contributed by atoms with Crippen molar-refractivity contribution in [2.45, 2.75) is 32.1 Å². The number of thioether (sulfide) groups is 1. The summed E-state index contributed by atoms with van der Waals surface area (Å²) in [5, 5.41) is 11.6. The van der Waals surface area contributed by atoms with Gasteiger partial charge < -0.3 is 9.73 Å². The molecule has 0 spiro atoms. The van der Waals surface area contributed by atoms with Gasteiger partial charge in [0.2, 0.25) is 11.8 Å². The Labute approximate surface area is 88.9 Å². The summed E-state index contributed by atoms with van der Waals surface area (Å²) >= 11 is 1.88. The Morgan fingerprint density at radius 2 is 2.29 bits per heavy atom. The van der Waals surface area contributed by atoms with E-state index < -0.39 is 0 Å². The second-order valence-corrected chi connectivity index (χ2v) is 4.50. The molecule has 0 aliphatic heterocycles. The van der Waals surface area contributed by atoms with Crippen molar-refractivity contribution in [2.24, 2.45) is 0 Å². The highest BCUT2D eigenvalue weighted by Gasteiger charge is 2.02. The first kappa shape index (κ1) is 11.5. The lowest BCUT2D eigenvalue weighted by molar-refractivity contribution is 0.446. The van der Waals surface area contributed by atoms with Gasteiger partial charge in [-0.15, -0.1) is 10.2 Å². The molecular weight excluding hydrogens is 198 g/mol. The summed E-state index contributed by atoms with van der Waals surface area (Å²) in [6.07, 6.45) is 3.29. The van der Waals surface area contributed by atoms with Gasteiger partial charge in [-0.05, 0) is 19.2 Å². The summed E-state index contributed by atoms with van der Waals surface area (Å²) in [6.45, 7) is 5.68. The van der Waals surface area contributed by atoms with Crippen LogP contribution >= 0.6 is 11.8 Å². The summed E-state index contributed by atoms with van der Waals surface area (Å²) in [7, 11) is 0. The molecule has 5 heteroatoms. The van der Waals surface area contributed by atoms with E-state index in [1.165, 1.54) is 0 Å². The largest absolute Gasteiger partial charge is 0.424 e. The molecule has 80 valence electrons. The van der Waals surface area contributed by atoms with Crippen molar-refractivity contribution in [3.8, 4) is 0 Å². The maximum Gasteiger partial charge on any atom is 0.230 e. The number of nitrogens with one attached hydrogen (secondary N) is 1. The second kappa shape index (κ2) is 6.03. The molecular formula is C9H17N3OS. The average Bonchev–Trinajstić information content (AvgIpc) is 2.58. The van der Waals surface area contributed by atoms with Crippen LogP contribution in [0.2, 0.25) is 0 Å². The van der Waals surface area contributed by atoms with E-state index in [4.69, 9.17) is 4.42 Å². The SMILES string of the molecule is CSC(C)CCNCc1nnc(C)o1. The van der Waals surface area contributed by atoms with Crippen LogP contribution in [0.1, 0.15) is 25.1 Å². The van der Waals surface area contributed by atoms with E-state index in [0.29, 0.717) is 23.6 Å². The predicted octanol–water partition coefficient (Wildman–Crippen LogP) is 1.61. The molecule has 1 unspecified atom stereocenters. The molecule has 1 aromatic heterocycles. The molecule has 1 heterocycles. The lowest BCUT2D eigenvalue weighted by atomic mass is 10.3. The van der Waals surface area contributed by atoms with Crippen molar-refractivity contribution >= 4 is 11.8 Å². The zero-order chi connectivity index (χ0) is 10.4. The molecule has 0 bridgehead atoms. The Balaban J connectivity index is 2.10. The molecule has 0 aliphatic carbocycles. The summed E-state index contributed by atoms with van der Waals surface area (Å²) in [4.78, 5) is 0. The van der Waals surface area contributed by atoms with E-state index in [9.17, 15) is 0 Å². The maximum atomic E-state index is 5.23. The molecule has 0 amide bonds. The van der Waals surface area contributed by atoms with Crippen molar-refractivity contribution in [3.05, 3.63) is 11.8 Å². The second-order valence-electron chi connectivity index (χ2n) is 3.23. The number of rotatable bonds is 6. The van der Waals surface area contributed by atoms with Crippen molar-refractivity contribution < 1.29 is 4.42 Å².